The number of halogens is 1. The number of carbonyl (C=O) groups excluding carboxylic acids is 2. The fraction of sp³-hybridized carbons (Fsp3) is 0.364. The molecule has 6 heteroatoms. The lowest BCUT2D eigenvalue weighted by atomic mass is 10.1. The minimum Gasteiger partial charge on any atom is -0.484 e. The van der Waals surface area contributed by atoms with Crippen LogP contribution in [0.4, 0.5) is 0 Å². The molecule has 1 saturated heterocycles. The molecule has 2 amide bonds. The van der Waals surface area contributed by atoms with Crippen LogP contribution in [0.15, 0.2) is 48.5 Å². The largest absolute Gasteiger partial charge is 0.484 e. The molecule has 0 bridgehead atoms. The SMILES string of the molecule is CCCc1ccc(OCC(=O)N2CCN(C(=O)c3ccccc3Cl)CC2)cc1. The molecule has 1 aliphatic heterocycles. The molecule has 1 fully saturated rings. The number of piperazine rings is 1. The monoisotopic (exact) mass is 400 g/mol. The van der Waals surface area contributed by atoms with Crippen molar-refractivity contribution in [2.45, 2.75) is 19.8 Å². The Hall–Kier alpha value is -2.53. The van der Waals surface area contributed by atoms with Crippen molar-refractivity contribution < 1.29 is 14.3 Å². The summed E-state index contributed by atoms with van der Waals surface area (Å²) in [5, 5.41) is 0.448. The van der Waals surface area contributed by atoms with Crippen molar-refractivity contribution in [3.63, 3.8) is 0 Å². The summed E-state index contributed by atoms with van der Waals surface area (Å²) in [6.45, 7) is 4.11. The van der Waals surface area contributed by atoms with Crippen molar-refractivity contribution in [3.05, 3.63) is 64.7 Å². The molecular weight excluding hydrogens is 376 g/mol. The van der Waals surface area contributed by atoms with Gasteiger partial charge in [-0.1, -0.05) is 49.2 Å². The van der Waals surface area contributed by atoms with E-state index in [9.17, 15) is 9.59 Å². The number of ether oxygens (including phenoxy) is 1. The molecule has 5 nitrogen and oxygen atoms in total. The number of nitrogens with zero attached hydrogens (tertiary/aromatic N) is 2. The van der Waals surface area contributed by atoms with Crippen LogP contribution in [0.1, 0.15) is 29.3 Å². The molecule has 148 valence electrons. The third kappa shape index (κ3) is 5.04. The number of benzene rings is 2. The molecule has 0 aliphatic carbocycles. The molecule has 0 radical (unpaired) electrons. The van der Waals surface area contributed by atoms with Crippen molar-refractivity contribution >= 4 is 23.4 Å². The highest BCUT2D eigenvalue weighted by Gasteiger charge is 2.25. The van der Waals surface area contributed by atoms with E-state index in [4.69, 9.17) is 16.3 Å². The molecule has 2 aromatic rings. The van der Waals surface area contributed by atoms with Crippen molar-refractivity contribution in [2.75, 3.05) is 32.8 Å². The van der Waals surface area contributed by atoms with E-state index in [2.05, 4.69) is 6.92 Å². The van der Waals surface area contributed by atoms with Crippen LogP contribution in [-0.4, -0.2) is 54.4 Å². The molecule has 0 spiro atoms. The van der Waals surface area contributed by atoms with E-state index in [1.807, 2.05) is 24.3 Å². The minimum atomic E-state index is -0.0962. The van der Waals surface area contributed by atoms with Crippen molar-refractivity contribution in [1.29, 1.82) is 0 Å². The molecule has 0 unspecified atom stereocenters. The molecule has 0 saturated carbocycles. The van der Waals surface area contributed by atoms with Gasteiger partial charge in [0.25, 0.3) is 11.8 Å². The van der Waals surface area contributed by atoms with E-state index in [-0.39, 0.29) is 18.4 Å². The van der Waals surface area contributed by atoms with Gasteiger partial charge in [0.05, 0.1) is 10.6 Å². The predicted molar refractivity (Wildman–Crippen MR) is 110 cm³/mol. The molecule has 1 aliphatic rings. The van der Waals surface area contributed by atoms with Crippen molar-refractivity contribution in [2.24, 2.45) is 0 Å². The van der Waals surface area contributed by atoms with Gasteiger partial charge in [0.1, 0.15) is 5.75 Å². The number of carbonyl (C=O) groups is 2. The van der Waals surface area contributed by atoms with Crippen LogP contribution in [0.3, 0.4) is 0 Å². The predicted octanol–water partition coefficient (Wildman–Crippen LogP) is 3.66. The van der Waals surface area contributed by atoms with E-state index in [1.54, 1.807) is 34.1 Å². The van der Waals surface area contributed by atoms with Crippen LogP contribution < -0.4 is 4.74 Å². The van der Waals surface area contributed by atoms with Gasteiger partial charge in [-0.15, -0.1) is 0 Å². The first-order chi connectivity index (χ1) is 13.6. The summed E-state index contributed by atoms with van der Waals surface area (Å²) in [7, 11) is 0. The lowest BCUT2D eigenvalue weighted by Crippen LogP contribution is -2.51. The lowest BCUT2D eigenvalue weighted by molar-refractivity contribution is -0.134. The standard InChI is InChI=1S/C22H25ClN2O3/c1-2-5-17-8-10-18(11-9-17)28-16-21(26)24-12-14-25(15-13-24)22(27)19-6-3-4-7-20(19)23/h3-4,6-11H,2,5,12-16H2,1H3. The van der Waals surface area contributed by atoms with Gasteiger partial charge in [0.15, 0.2) is 6.61 Å². The molecule has 1 heterocycles. The summed E-state index contributed by atoms with van der Waals surface area (Å²) in [6, 6.07) is 14.9. The smallest absolute Gasteiger partial charge is 0.260 e. The van der Waals surface area contributed by atoms with E-state index in [0.29, 0.717) is 42.5 Å². The normalized spacial score (nSPS) is 14.1. The second-order valence-electron chi connectivity index (χ2n) is 6.84. The Morgan fingerprint density at radius 1 is 0.964 bits per heavy atom. The minimum absolute atomic E-state index is 0.00554. The fourth-order valence-electron chi connectivity index (χ4n) is 3.24. The Labute approximate surface area is 170 Å². The third-order valence-corrected chi connectivity index (χ3v) is 5.18. The Bertz CT molecular complexity index is 815. The van der Waals surface area contributed by atoms with Gasteiger partial charge >= 0.3 is 0 Å². The fourth-order valence-corrected chi connectivity index (χ4v) is 3.46. The zero-order valence-electron chi connectivity index (χ0n) is 16.1. The Balaban J connectivity index is 1.47. The Morgan fingerprint density at radius 3 is 2.25 bits per heavy atom. The van der Waals surface area contributed by atoms with Crippen LogP contribution in [0.5, 0.6) is 5.75 Å². The van der Waals surface area contributed by atoms with Crippen LogP contribution >= 0.6 is 11.6 Å². The summed E-state index contributed by atoms with van der Waals surface area (Å²) in [5.41, 5.74) is 1.76. The highest BCUT2D eigenvalue weighted by Crippen LogP contribution is 2.18. The molecule has 0 aromatic heterocycles. The van der Waals surface area contributed by atoms with E-state index < -0.39 is 0 Å². The van der Waals surface area contributed by atoms with Gasteiger partial charge in [-0.25, -0.2) is 0 Å². The first-order valence-corrected chi connectivity index (χ1v) is 9.99. The van der Waals surface area contributed by atoms with Gasteiger partial charge in [-0.3, -0.25) is 9.59 Å². The maximum Gasteiger partial charge on any atom is 0.260 e. The van der Waals surface area contributed by atoms with Gasteiger partial charge in [-0.05, 0) is 36.2 Å². The van der Waals surface area contributed by atoms with Crippen molar-refractivity contribution in [3.8, 4) is 5.75 Å². The lowest BCUT2D eigenvalue weighted by Gasteiger charge is -2.34. The van der Waals surface area contributed by atoms with E-state index in [0.717, 1.165) is 12.8 Å². The molecule has 2 aromatic carbocycles. The van der Waals surface area contributed by atoms with Crippen LogP contribution in [0.25, 0.3) is 0 Å². The molecule has 0 N–H and O–H groups in total. The first kappa shape index (κ1) is 20.2. The third-order valence-electron chi connectivity index (χ3n) is 4.85. The number of hydrogen-bond donors (Lipinski definition) is 0. The Kier molecular flexibility index (Phi) is 6.93. The average Bonchev–Trinajstić information content (AvgIpc) is 2.73. The van der Waals surface area contributed by atoms with Gasteiger partial charge in [0.2, 0.25) is 0 Å². The zero-order chi connectivity index (χ0) is 19.9. The highest BCUT2D eigenvalue weighted by atomic mass is 35.5. The summed E-state index contributed by atoms with van der Waals surface area (Å²) in [5.74, 6) is 0.532. The first-order valence-electron chi connectivity index (χ1n) is 9.62. The van der Waals surface area contributed by atoms with Crippen LogP contribution in [0.2, 0.25) is 5.02 Å². The summed E-state index contributed by atoms with van der Waals surface area (Å²) in [4.78, 5) is 28.5. The Morgan fingerprint density at radius 2 is 1.61 bits per heavy atom. The zero-order valence-corrected chi connectivity index (χ0v) is 16.8. The number of aryl methyl sites for hydroxylation is 1. The maximum atomic E-state index is 12.6. The van der Waals surface area contributed by atoms with E-state index >= 15 is 0 Å². The molecule has 3 rings (SSSR count). The van der Waals surface area contributed by atoms with Crippen LogP contribution in [0, 0.1) is 0 Å². The average molecular weight is 401 g/mol. The van der Waals surface area contributed by atoms with Crippen molar-refractivity contribution in [1.82, 2.24) is 9.80 Å². The molecular formula is C22H25ClN2O3. The molecule has 28 heavy (non-hydrogen) atoms. The number of hydrogen-bond acceptors (Lipinski definition) is 3. The molecule has 0 atom stereocenters. The second kappa shape index (κ2) is 9.60. The number of amides is 2. The van der Waals surface area contributed by atoms with Gasteiger partial charge < -0.3 is 14.5 Å². The number of rotatable bonds is 6. The maximum absolute atomic E-state index is 12.6. The van der Waals surface area contributed by atoms with Gasteiger partial charge in [-0.2, -0.15) is 0 Å². The topological polar surface area (TPSA) is 49.9 Å². The van der Waals surface area contributed by atoms with Gasteiger partial charge in [0, 0.05) is 26.2 Å². The highest BCUT2D eigenvalue weighted by molar-refractivity contribution is 6.33. The second-order valence-corrected chi connectivity index (χ2v) is 7.24. The van der Waals surface area contributed by atoms with Crippen LogP contribution in [-0.2, 0) is 11.2 Å². The summed E-state index contributed by atoms with van der Waals surface area (Å²) >= 11 is 6.12. The quantitative estimate of drug-likeness (QED) is 0.743. The summed E-state index contributed by atoms with van der Waals surface area (Å²) < 4.78 is 5.62. The summed E-state index contributed by atoms with van der Waals surface area (Å²) in [6.07, 6.45) is 2.14. The van der Waals surface area contributed by atoms with E-state index in [1.165, 1.54) is 5.56 Å².